The number of hydrogen-bond acceptors (Lipinski definition) is 5. The first kappa shape index (κ1) is 19.7. The summed E-state index contributed by atoms with van der Waals surface area (Å²) in [6.45, 7) is 6.22. The minimum absolute atomic E-state index is 0.127. The van der Waals surface area contributed by atoms with E-state index in [0.717, 1.165) is 31.7 Å². The van der Waals surface area contributed by atoms with Gasteiger partial charge in [0.25, 0.3) is 0 Å². The van der Waals surface area contributed by atoms with Crippen molar-refractivity contribution < 1.29 is 12.8 Å². The average Bonchev–Trinajstić information content (AvgIpc) is 3.24. The Morgan fingerprint density at radius 3 is 2.68 bits per heavy atom. The highest BCUT2D eigenvalue weighted by molar-refractivity contribution is 7.88. The standard InChI is InChI=1S/C16H29N5O3S/c1-3-17-16(18-8-9-20-25(2,22)23)19-13-14(15-7-6-12-24-15)21-10-4-5-11-21/h6-7,12,14,20H,3-5,8-11,13H2,1-2H3,(H2,17,18,19). The van der Waals surface area contributed by atoms with Crippen LogP contribution in [0.1, 0.15) is 31.6 Å². The largest absolute Gasteiger partial charge is 0.468 e. The maximum absolute atomic E-state index is 11.1. The van der Waals surface area contributed by atoms with Gasteiger partial charge in [-0.2, -0.15) is 0 Å². The number of nitrogens with one attached hydrogen (secondary N) is 3. The smallest absolute Gasteiger partial charge is 0.208 e. The quantitative estimate of drug-likeness (QED) is 0.333. The molecule has 0 amide bonds. The van der Waals surface area contributed by atoms with Crippen molar-refractivity contribution >= 4 is 16.0 Å². The van der Waals surface area contributed by atoms with Gasteiger partial charge in [-0.3, -0.25) is 9.89 Å². The lowest BCUT2D eigenvalue weighted by atomic mass is 10.2. The maximum Gasteiger partial charge on any atom is 0.208 e. The molecule has 1 aromatic heterocycles. The summed E-state index contributed by atoms with van der Waals surface area (Å²) in [6, 6.07) is 4.03. The number of nitrogens with zero attached hydrogens (tertiary/aromatic N) is 2. The predicted molar refractivity (Wildman–Crippen MR) is 99.1 cm³/mol. The van der Waals surface area contributed by atoms with E-state index in [0.29, 0.717) is 25.6 Å². The molecule has 0 saturated carbocycles. The molecular formula is C16H29N5O3S. The number of furan rings is 1. The van der Waals surface area contributed by atoms with Gasteiger partial charge in [-0.1, -0.05) is 0 Å². The highest BCUT2D eigenvalue weighted by Crippen LogP contribution is 2.25. The number of sulfonamides is 1. The third-order valence-corrected chi connectivity index (χ3v) is 4.73. The summed E-state index contributed by atoms with van der Waals surface area (Å²) < 4.78 is 30.3. The Labute approximate surface area is 150 Å². The number of aliphatic imine (C=N–C) groups is 1. The number of guanidine groups is 1. The molecule has 3 N–H and O–H groups in total. The molecule has 142 valence electrons. The van der Waals surface area contributed by atoms with Crippen molar-refractivity contribution in [3.05, 3.63) is 24.2 Å². The lowest BCUT2D eigenvalue weighted by molar-refractivity contribution is 0.221. The first-order valence-electron chi connectivity index (χ1n) is 8.74. The molecule has 1 aromatic rings. The van der Waals surface area contributed by atoms with E-state index in [2.05, 4.69) is 25.2 Å². The second-order valence-electron chi connectivity index (χ2n) is 6.09. The molecule has 2 heterocycles. The Morgan fingerprint density at radius 2 is 2.08 bits per heavy atom. The molecule has 1 saturated heterocycles. The number of likely N-dealkylation sites (tertiary alicyclic amines) is 1. The molecule has 0 aromatic carbocycles. The molecule has 0 aliphatic carbocycles. The Bertz CT molecular complexity index is 624. The van der Waals surface area contributed by atoms with Crippen LogP contribution >= 0.6 is 0 Å². The Hall–Kier alpha value is -1.58. The van der Waals surface area contributed by atoms with Gasteiger partial charge in [-0.05, 0) is 45.0 Å². The highest BCUT2D eigenvalue weighted by Gasteiger charge is 2.25. The molecule has 0 spiro atoms. The van der Waals surface area contributed by atoms with E-state index in [1.807, 2.05) is 19.1 Å². The Balaban J connectivity index is 1.94. The summed E-state index contributed by atoms with van der Waals surface area (Å²) in [5.74, 6) is 1.61. The van der Waals surface area contributed by atoms with E-state index >= 15 is 0 Å². The predicted octanol–water partition coefficient (Wildman–Crippen LogP) is 0.521. The van der Waals surface area contributed by atoms with Crippen molar-refractivity contribution in [3.8, 4) is 0 Å². The van der Waals surface area contributed by atoms with E-state index in [9.17, 15) is 8.42 Å². The van der Waals surface area contributed by atoms with Gasteiger partial charge in [0.15, 0.2) is 5.96 Å². The lowest BCUT2D eigenvalue weighted by Gasteiger charge is -2.24. The van der Waals surface area contributed by atoms with Crippen LogP contribution in [0.15, 0.2) is 27.8 Å². The van der Waals surface area contributed by atoms with Crippen LogP contribution in [0.3, 0.4) is 0 Å². The van der Waals surface area contributed by atoms with Crippen molar-refractivity contribution in [2.45, 2.75) is 25.8 Å². The Morgan fingerprint density at radius 1 is 1.32 bits per heavy atom. The van der Waals surface area contributed by atoms with Gasteiger partial charge in [-0.25, -0.2) is 13.1 Å². The van der Waals surface area contributed by atoms with Crippen LogP contribution in [0.25, 0.3) is 0 Å². The molecule has 25 heavy (non-hydrogen) atoms. The minimum atomic E-state index is -3.17. The van der Waals surface area contributed by atoms with E-state index < -0.39 is 10.0 Å². The van der Waals surface area contributed by atoms with Gasteiger partial charge < -0.3 is 15.1 Å². The molecule has 1 unspecified atom stereocenters. The first-order chi connectivity index (χ1) is 12.0. The second-order valence-corrected chi connectivity index (χ2v) is 7.92. The third-order valence-electron chi connectivity index (χ3n) is 4.00. The fourth-order valence-electron chi connectivity index (χ4n) is 2.86. The van der Waals surface area contributed by atoms with Gasteiger partial charge in [-0.15, -0.1) is 0 Å². The summed E-state index contributed by atoms with van der Waals surface area (Å²) in [5.41, 5.74) is 0. The summed E-state index contributed by atoms with van der Waals surface area (Å²) in [7, 11) is -3.17. The molecule has 1 atom stereocenters. The molecule has 1 aliphatic rings. The lowest BCUT2D eigenvalue weighted by Crippen LogP contribution is -2.42. The minimum Gasteiger partial charge on any atom is -0.468 e. The molecular weight excluding hydrogens is 342 g/mol. The molecule has 2 rings (SSSR count). The molecule has 1 aliphatic heterocycles. The van der Waals surface area contributed by atoms with Gasteiger partial charge >= 0.3 is 0 Å². The van der Waals surface area contributed by atoms with Gasteiger partial charge in [0.2, 0.25) is 10.0 Å². The molecule has 0 bridgehead atoms. The van der Waals surface area contributed by atoms with Crippen LogP contribution < -0.4 is 15.4 Å². The summed E-state index contributed by atoms with van der Waals surface area (Å²) in [6.07, 6.45) is 5.26. The normalized spacial score (nSPS) is 17.6. The molecule has 0 radical (unpaired) electrons. The number of hydrogen-bond donors (Lipinski definition) is 3. The van der Waals surface area contributed by atoms with Crippen LogP contribution in [0.5, 0.6) is 0 Å². The fourth-order valence-corrected chi connectivity index (χ4v) is 3.33. The van der Waals surface area contributed by atoms with Gasteiger partial charge in [0.05, 0.1) is 25.1 Å². The zero-order valence-electron chi connectivity index (χ0n) is 15.0. The van der Waals surface area contributed by atoms with Crippen molar-refractivity contribution in [2.24, 2.45) is 4.99 Å². The number of rotatable bonds is 9. The topological polar surface area (TPSA) is 99.0 Å². The van der Waals surface area contributed by atoms with Crippen LogP contribution in [-0.4, -0.2) is 64.8 Å². The van der Waals surface area contributed by atoms with Crippen molar-refractivity contribution in [1.82, 2.24) is 20.3 Å². The SMILES string of the molecule is CCNC(=NCC(c1ccco1)N1CCCC1)NCCNS(C)(=O)=O. The molecule has 8 nitrogen and oxygen atoms in total. The molecule has 1 fully saturated rings. The van der Waals surface area contributed by atoms with Crippen molar-refractivity contribution in [3.63, 3.8) is 0 Å². The van der Waals surface area contributed by atoms with Crippen LogP contribution in [-0.2, 0) is 10.0 Å². The summed E-state index contributed by atoms with van der Waals surface area (Å²) in [5, 5.41) is 6.33. The zero-order valence-corrected chi connectivity index (χ0v) is 15.8. The van der Waals surface area contributed by atoms with Crippen molar-refractivity contribution in [1.29, 1.82) is 0 Å². The fraction of sp³-hybridized carbons (Fsp3) is 0.688. The Kier molecular flexibility index (Phi) is 7.73. The van der Waals surface area contributed by atoms with Crippen molar-refractivity contribution in [2.75, 3.05) is 45.5 Å². The second kappa shape index (κ2) is 9.79. The van der Waals surface area contributed by atoms with E-state index in [4.69, 9.17) is 4.42 Å². The summed E-state index contributed by atoms with van der Waals surface area (Å²) >= 11 is 0. The van der Waals surface area contributed by atoms with Crippen LogP contribution in [0.2, 0.25) is 0 Å². The zero-order chi connectivity index (χ0) is 18.1. The average molecular weight is 372 g/mol. The van der Waals surface area contributed by atoms with E-state index in [1.165, 1.54) is 12.8 Å². The molecule has 9 heteroatoms. The van der Waals surface area contributed by atoms with E-state index in [-0.39, 0.29) is 6.04 Å². The van der Waals surface area contributed by atoms with E-state index in [1.54, 1.807) is 6.26 Å². The van der Waals surface area contributed by atoms with Gasteiger partial charge in [0, 0.05) is 19.6 Å². The van der Waals surface area contributed by atoms with Crippen LogP contribution in [0.4, 0.5) is 0 Å². The monoisotopic (exact) mass is 371 g/mol. The van der Waals surface area contributed by atoms with Gasteiger partial charge in [0.1, 0.15) is 5.76 Å². The maximum atomic E-state index is 11.1. The third kappa shape index (κ3) is 7.05. The highest BCUT2D eigenvalue weighted by atomic mass is 32.2. The van der Waals surface area contributed by atoms with Crippen LogP contribution in [0, 0.1) is 0 Å². The first-order valence-corrected chi connectivity index (χ1v) is 10.6. The summed E-state index contributed by atoms with van der Waals surface area (Å²) in [4.78, 5) is 7.06.